The van der Waals surface area contributed by atoms with E-state index in [-0.39, 0.29) is 17.2 Å². The molecule has 2 nitrogen and oxygen atoms in total. The summed E-state index contributed by atoms with van der Waals surface area (Å²) in [6, 6.07) is 23.3. The van der Waals surface area contributed by atoms with Crippen LogP contribution in [-0.4, -0.2) is 25.5 Å². The average Bonchev–Trinajstić information content (AvgIpc) is 3.56. The van der Waals surface area contributed by atoms with Gasteiger partial charge in [0.2, 0.25) is 0 Å². The van der Waals surface area contributed by atoms with Crippen LogP contribution in [0.4, 0.5) is 13.2 Å². The van der Waals surface area contributed by atoms with E-state index in [0.29, 0.717) is 30.1 Å². The van der Waals surface area contributed by atoms with Crippen molar-refractivity contribution in [3.8, 4) is 5.75 Å². The first-order chi connectivity index (χ1) is 14.0. The van der Waals surface area contributed by atoms with Crippen molar-refractivity contribution in [1.29, 1.82) is 0 Å². The van der Waals surface area contributed by atoms with Gasteiger partial charge in [-0.3, -0.25) is 0 Å². The molecule has 4 rings (SSSR count). The first-order valence-corrected chi connectivity index (χ1v) is 9.29. The van der Waals surface area contributed by atoms with Crippen LogP contribution in [0.15, 0.2) is 84.9 Å². The van der Waals surface area contributed by atoms with Crippen molar-refractivity contribution < 1.29 is 22.6 Å². The molecule has 0 aromatic heterocycles. The number of halogens is 3. The van der Waals surface area contributed by atoms with Crippen LogP contribution in [0, 0.1) is 0 Å². The third-order valence-electron chi connectivity index (χ3n) is 4.64. The Labute approximate surface area is 167 Å². The van der Waals surface area contributed by atoms with Crippen LogP contribution in [0.2, 0.25) is 0 Å². The third kappa shape index (κ3) is 4.69. The number of ether oxygens (including phenoxy) is 2. The number of allylic oxidation sites excluding steroid dienone is 1. The highest BCUT2D eigenvalue weighted by atomic mass is 19.4. The van der Waals surface area contributed by atoms with E-state index < -0.39 is 11.7 Å². The maximum absolute atomic E-state index is 14.2. The zero-order valence-corrected chi connectivity index (χ0v) is 15.5. The zero-order chi connectivity index (χ0) is 20.3. The van der Waals surface area contributed by atoms with Gasteiger partial charge < -0.3 is 9.47 Å². The highest BCUT2D eigenvalue weighted by Crippen LogP contribution is 2.42. The summed E-state index contributed by atoms with van der Waals surface area (Å²) >= 11 is 0. The molecule has 3 aromatic rings. The van der Waals surface area contributed by atoms with Gasteiger partial charge in [0, 0.05) is 5.57 Å². The van der Waals surface area contributed by atoms with Crippen molar-refractivity contribution >= 4 is 11.1 Å². The zero-order valence-electron chi connectivity index (χ0n) is 15.5. The Hall–Kier alpha value is -3.05. The molecular weight excluding hydrogens is 377 g/mol. The standard InChI is InChI=1S/C24H19F3O2/c25-24(26,27)23(19-9-5-2-6-10-19)22(17-7-3-1-4-8-17)18-11-13-20(14-12-18)28-15-21-16-29-21/h1-14,21H,15-16H2/b23-22-. The first-order valence-electron chi connectivity index (χ1n) is 9.29. The highest BCUT2D eigenvalue weighted by Gasteiger charge is 2.38. The largest absolute Gasteiger partial charge is 0.491 e. The lowest BCUT2D eigenvalue weighted by molar-refractivity contribution is -0.0685. The monoisotopic (exact) mass is 396 g/mol. The Balaban J connectivity index is 1.83. The number of benzene rings is 3. The Morgan fingerprint density at radius 2 is 1.31 bits per heavy atom. The van der Waals surface area contributed by atoms with Gasteiger partial charge in [-0.15, -0.1) is 0 Å². The molecule has 5 heteroatoms. The van der Waals surface area contributed by atoms with Crippen LogP contribution in [0.25, 0.3) is 11.1 Å². The summed E-state index contributed by atoms with van der Waals surface area (Å²) in [5, 5.41) is 0. The fourth-order valence-electron chi connectivity index (χ4n) is 3.19. The molecule has 29 heavy (non-hydrogen) atoms. The van der Waals surface area contributed by atoms with Gasteiger partial charge in [0.15, 0.2) is 0 Å². The molecule has 0 bridgehead atoms. The lowest BCUT2D eigenvalue weighted by atomic mass is 9.89. The normalized spacial score (nSPS) is 16.9. The Bertz CT molecular complexity index is 974. The topological polar surface area (TPSA) is 21.8 Å². The first kappa shape index (κ1) is 19.3. The molecule has 1 atom stereocenters. The predicted molar refractivity (Wildman–Crippen MR) is 107 cm³/mol. The van der Waals surface area contributed by atoms with Crippen molar-refractivity contribution in [2.24, 2.45) is 0 Å². The molecule has 1 heterocycles. The van der Waals surface area contributed by atoms with Crippen LogP contribution in [0.1, 0.15) is 16.7 Å². The fourth-order valence-corrected chi connectivity index (χ4v) is 3.19. The van der Waals surface area contributed by atoms with Gasteiger partial charge in [0.25, 0.3) is 0 Å². The lowest BCUT2D eigenvalue weighted by Gasteiger charge is -2.20. The van der Waals surface area contributed by atoms with E-state index in [9.17, 15) is 13.2 Å². The number of alkyl halides is 3. The second-order valence-electron chi connectivity index (χ2n) is 6.77. The maximum atomic E-state index is 14.2. The molecule has 148 valence electrons. The van der Waals surface area contributed by atoms with E-state index >= 15 is 0 Å². The van der Waals surface area contributed by atoms with Gasteiger partial charge in [-0.05, 0) is 28.8 Å². The van der Waals surface area contributed by atoms with Gasteiger partial charge in [-0.2, -0.15) is 13.2 Å². The Morgan fingerprint density at radius 3 is 1.83 bits per heavy atom. The molecule has 0 radical (unpaired) electrons. The number of epoxide rings is 1. The van der Waals surface area contributed by atoms with Crippen LogP contribution in [-0.2, 0) is 4.74 Å². The van der Waals surface area contributed by atoms with Crippen LogP contribution in [0.3, 0.4) is 0 Å². The second kappa shape index (κ2) is 8.13. The van der Waals surface area contributed by atoms with Crippen LogP contribution < -0.4 is 4.74 Å². The quantitative estimate of drug-likeness (QED) is 0.377. The molecule has 3 aromatic carbocycles. The van der Waals surface area contributed by atoms with E-state index in [0.717, 1.165) is 0 Å². The van der Waals surface area contributed by atoms with Crippen molar-refractivity contribution in [3.63, 3.8) is 0 Å². The predicted octanol–water partition coefficient (Wildman–Crippen LogP) is 5.99. The molecular formula is C24H19F3O2. The van der Waals surface area contributed by atoms with Gasteiger partial charge in [0.05, 0.1) is 12.2 Å². The molecule has 0 spiro atoms. The van der Waals surface area contributed by atoms with E-state index in [1.54, 1.807) is 72.8 Å². The molecule has 0 saturated carbocycles. The summed E-state index contributed by atoms with van der Waals surface area (Å²) in [6.45, 7) is 1.13. The lowest BCUT2D eigenvalue weighted by Crippen LogP contribution is -2.14. The van der Waals surface area contributed by atoms with Gasteiger partial charge >= 0.3 is 6.18 Å². The Kier molecular flexibility index (Phi) is 5.41. The van der Waals surface area contributed by atoms with E-state index in [2.05, 4.69) is 0 Å². The van der Waals surface area contributed by atoms with Crippen molar-refractivity contribution in [2.75, 3.05) is 13.2 Å². The molecule has 0 N–H and O–H groups in total. The van der Waals surface area contributed by atoms with E-state index in [1.807, 2.05) is 0 Å². The van der Waals surface area contributed by atoms with Gasteiger partial charge in [0.1, 0.15) is 18.5 Å². The van der Waals surface area contributed by atoms with Gasteiger partial charge in [-0.1, -0.05) is 72.8 Å². The fraction of sp³-hybridized carbons (Fsp3) is 0.167. The molecule has 0 amide bonds. The summed E-state index contributed by atoms with van der Waals surface area (Å²) < 4.78 is 53.4. The molecule has 1 aliphatic rings. The van der Waals surface area contributed by atoms with Crippen LogP contribution in [0.5, 0.6) is 5.75 Å². The maximum Gasteiger partial charge on any atom is 0.417 e. The average molecular weight is 396 g/mol. The third-order valence-corrected chi connectivity index (χ3v) is 4.64. The minimum absolute atomic E-state index is 0.115. The number of hydrogen-bond donors (Lipinski definition) is 0. The van der Waals surface area contributed by atoms with Crippen LogP contribution >= 0.6 is 0 Å². The molecule has 1 fully saturated rings. The smallest absolute Gasteiger partial charge is 0.417 e. The summed E-state index contributed by atoms with van der Waals surface area (Å²) in [5.41, 5.74) is 0.585. The Morgan fingerprint density at radius 1 is 0.793 bits per heavy atom. The van der Waals surface area contributed by atoms with E-state index in [4.69, 9.17) is 9.47 Å². The summed E-state index contributed by atoms with van der Waals surface area (Å²) in [5.74, 6) is 0.602. The minimum Gasteiger partial charge on any atom is -0.491 e. The van der Waals surface area contributed by atoms with Crippen molar-refractivity contribution in [2.45, 2.75) is 12.3 Å². The van der Waals surface area contributed by atoms with Crippen molar-refractivity contribution in [1.82, 2.24) is 0 Å². The minimum atomic E-state index is -4.52. The molecule has 1 saturated heterocycles. The summed E-state index contributed by atoms with van der Waals surface area (Å²) in [4.78, 5) is 0. The molecule has 1 unspecified atom stereocenters. The summed E-state index contributed by atoms with van der Waals surface area (Å²) in [6.07, 6.45) is -4.41. The number of rotatable bonds is 6. The number of hydrogen-bond acceptors (Lipinski definition) is 2. The SMILES string of the molecule is FC(F)(F)/C(=C(/c1ccccc1)c1ccc(OCC2CO2)cc1)c1ccccc1. The van der Waals surface area contributed by atoms with Gasteiger partial charge in [-0.25, -0.2) is 0 Å². The molecule has 0 aliphatic carbocycles. The molecule has 1 aliphatic heterocycles. The summed E-state index contributed by atoms with van der Waals surface area (Å²) in [7, 11) is 0. The second-order valence-corrected chi connectivity index (χ2v) is 6.77. The van der Waals surface area contributed by atoms with E-state index in [1.165, 1.54) is 12.1 Å². The van der Waals surface area contributed by atoms with Crippen molar-refractivity contribution in [3.05, 3.63) is 102 Å². The highest BCUT2D eigenvalue weighted by molar-refractivity contribution is 6.00.